The number of hydrogen-bond acceptors (Lipinski definition) is 4. The second kappa shape index (κ2) is 7.96. The fourth-order valence-electron chi connectivity index (χ4n) is 3.29. The molecule has 2 aromatic carbocycles. The second-order valence-electron chi connectivity index (χ2n) is 7.17. The first-order chi connectivity index (χ1) is 13.7. The van der Waals surface area contributed by atoms with Crippen LogP contribution in [0.4, 0.5) is 5.69 Å². The minimum absolute atomic E-state index is 0.176. The maximum absolute atomic E-state index is 13.0. The van der Waals surface area contributed by atoms with E-state index in [1.807, 2.05) is 42.7 Å². The smallest absolute Gasteiger partial charge is 0.247 e. The van der Waals surface area contributed by atoms with Crippen LogP contribution in [0.25, 0.3) is 11.0 Å². The van der Waals surface area contributed by atoms with Gasteiger partial charge < -0.3 is 9.88 Å². The molecule has 3 aromatic rings. The predicted octanol–water partition coefficient (Wildman–Crippen LogP) is 3.36. The van der Waals surface area contributed by atoms with Gasteiger partial charge in [-0.05, 0) is 43.7 Å². The SMILES string of the molecule is CCc1nc2ccccc2n1C(C)C(=O)Nc1ccc(C)c(S(=O)(=O)N(C)C)c1. The summed E-state index contributed by atoms with van der Waals surface area (Å²) in [6.07, 6.45) is 0.696. The number of rotatable bonds is 6. The molecule has 0 aliphatic carbocycles. The lowest BCUT2D eigenvalue weighted by molar-refractivity contribution is -0.118. The summed E-state index contributed by atoms with van der Waals surface area (Å²) in [4.78, 5) is 17.8. The van der Waals surface area contributed by atoms with Crippen LogP contribution in [0.5, 0.6) is 0 Å². The molecule has 154 valence electrons. The molecule has 1 aromatic heterocycles. The predicted molar refractivity (Wildman–Crippen MR) is 115 cm³/mol. The Labute approximate surface area is 171 Å². The summed E-state index contributed by atoms with van der Waals surface area (Å²) in [5.41, 5.74) is 2.81. The van der Waals surface area contributed by atoms with Gasteiger partial charge in [-0.15, -0.1) is 0 Å². The maximum atomic E-state index is 13.0. The van der Waals surface area contributed by atoms with E-state index in [2.05, 4.69) is 10.3 Å². The number of aromatic nitrogens is 2. The molecule has 0 saturated heterocycles. The van der Waals surface area contributed by atoms with Crippen molar-refractivity contribution in [2.24, 2.45) is 0 Å². The largest absolute Gasteiger partial charge is 0.324 e. The van der Waals surface area contributed by atoms with Crippen LogP contribution in [-0.2, 0) is 21.2 Å². The highest BCUT2D eigenvalue weighted by atomic mass is 32.2. The summed E-state index contributed by atoms with van der Waals surface area (Å²) in [5.74, 6) is 0.591. The molecule has 1 unspecified atom stereocenters. The van der Waals surface area contributed by atoms with Crippen molar-refractivity contribution in [2.45, 2.75) is 38.1 Å². The number of nitrogens with one attached hydrogen (secondary N) is 1. The topological polar surface area (TPSA) is 84.3 Å². The Hall–Kier alpha value is -2.71. The number of benzene rings is 2. The highest BCUT2D eigenvalue weighted by molar-refractivity contribution is 7.89. The van der Waals surface area contributed by atoms with E-state index in [1.165, 1.54) is 20.2 Å². The Bertz CT molecular complexity index is 1170. The molecule has 0 radical (unpaired) electrons. The van der Waals surface area contributed by atoms with Gasteiger partial charge in [-0.3, -0.25) is 4.79 Å². The van der Waals surface area contributed by atoms with Gasteiger partial charge in [0, 0.05) is 26.2 Å². The molecule has 0 fully saturated rings. The Kier molecular flexibility index (Phi) is 5.77. The van der Waals surface area contributed by atoms with Crippen molar-refractivity contribution in [3.05, 3.63) is 53.9 Å². The third-order valence-corrected chi connectivity index (χ3v) is 6.92. The van der Waals surface area contributed by atoms with Crippen molar-refractivity contribution in [3.63, 3.8) is 0 Å². The molecule has 8 heteroatoms. The molecule has 0 aliphatic heterocycles. The summed E-state index contributed by atoms with van der Waals surface area (Å²) >= 11 is 0. The highest BCUT2D eigenvalue weighted by Gasteiger charge is 2.23. The van der Waals surface area contributed by atoms with Crippen molar-refractivity contribution in [2.75, 3.05) is 19.4 Å². The first-order valence-electron chi connectivity index (χ1n) is 9.46. The van der Waals surface area contributed by atoms with Gasteiger partial charge in [0.15, 0.2) is 0 Å². The van der Waals surface area contributed by atoms with E-state index in [1.54, 1.807) is 19.1 Å². The standard InChI is InChI=1S/C21H26N4O3S/c1-6-20-23-17-9-7-8-10-18(17)25(20)15(3)21(26)22-16-12-11-14(2)19(13-16)29(27,28)24(4)5/h7-13,15H,6H2,1-5H3,(H,22,26). The summed E-state index contributed by atoms with van der Waals surface area (Å²) in [7, 11) is -0.633. The van der Waals surface area contributed by atoms with Crippen LogP contribution in [-0.4, -0.2) is 42.3 Å². The molecule has 0 bridgehead atoms. The van der Waals surface area contributed by atoms with E-state index in [-0.39, 0.29) is 10.8 Å². The van der Waals surface area contributed by atoms with Crippen molar-refractivity contribution in [3.8, 4) is 0 Å². The molecule has 1 N–H and O–H groups in total. The van der Waals surface area contributed by atoms with Gasteiger partial charge >= 0.3 is 0 Å². The lowest BCUT2D eigenvalue weighted by Gasteiger charge is -2.18. The molecular weight excluding hydrogens is 388 g/mol. The zero-order valence-electron chi connectivity index (χ0n) is 17.3. The number of hydrogen-bond donors (Lipinski definition) is 1. The highest BCUT2D eigenvalue weighted by Crippen LogP contribution is 2.25. The molecule has 7 nitrogen and oxygen atoms in total. The zero-order chi connectivity index (χ0) is 21.3. The van der Waals surface area contributed by atoms with Gasteiger partial charge in [0.1, 0.15) is 11.9 Å². The molecule has 1 amide bonds. The summed E-state index contributed by atoms with van der Waals surface area (Å²) < 4.78 is 28.2. The number of para-hydroxylation sites is 2. The van der Waals surface area contributed by atoms with Gasteiger partial charge in [-0.25, -0.2) is 17.7 Å². The number of sulfonamides is 1. The van der Waals surface area contributed by atoms with E-state index in [0.29, 0.717) is 17.7 Å². The van der Waals surface area contributed by atoms with Crippen molar-refractivity contribution >= 4 is 32.7 Å². The van der Waals surface area contributed by atoms with Crippen LogP contribution < -0.4 is 5.32 Å². The van der Waals surface area contributed by atoms with Crippen LogP contribution in [0.15, 0.2) is 47.4 Å². The van der Waals surface area contributed by atoms with E-state index < -0.39 is 16.1 Å². The van der Waals surface area contributed by atoms with Gasteiger partial charge in [0.05, 0.1) is 15.9 Å². The van der Waals surface area contributed by atoms with Crippen molar-refractivity contribution in [1.82, 2.24) is 13.9 Å². The summed E-state index contributed by atoms with van der Waals surface area (Å²) in [6.45, 7) is 5.55. The average Bonchev–Trinajstić information content (AvgIpc) is 3.07. The van der Waals surface area contributed by atoms with E-state index in [0.717, 1.165) is 21.2 Å². The average molecular weight is 415 g/mol. The first kappa shape index (κ1) is 21.0. The normalized spacial score (nSPS) is 13.0. The second-order valence-corrected chi connectivity index (χ2v) is 9.29. The monoisotopic (exact) mass is 414 g/mol. The Morgan fingerprint density at radius 1 is 1.21 bits per heavy atom. The summed E-state index contributed by atoms with van der Waals surface area (Å²) in [6, 6.07) is 12.1. The van der Waals surface area contributed by atoms with Gasteiger partial charge in [-0.2, -0.15) is 0 Å². The van der Waals surface area contributed by atoms with E-state index in [9.17, 15) is 13.2 Å². The van der Waals surface area contributed by atoms with E-state index in [4.69, 9.17) is 0 Å². The number of aryl methyl sites for hydroxylation is 2. The van der Waals surface area contributed by atoms with Crippen LogP contribution >= 0.6 is 0 Å². The summed E-state index contributed by atoms with van der Waals surface area (Å²) in [5, 5.41) is 2.85. The number of anilines is 1. The van der Waals surface area contributed by atoms with Gasteiger partial charge in [0.25, 0.3) is 0 Å². The minimum atomic E-state index is -3.60. The number of amides is 1. The van der Waals surface area contributed by atoms with Crippen LogP contribution in [0.2, 0.25) is 0 Å². The fraction of sp³-hybridized carbons (Fsp3) is 0.333. The number of carbonyl (C=O) groups is 1. The zero-order valence-corrected chi connectivity index (χ0v) is 18.1. The van der Waals surface area contributed by atoms with Crippen LogP contribution in [0.3, 0.4) is 0 Å². The molecule has 1 atom stereocenters. The molecule has 0 saturated carbocycles. The number of fused-ring (bicyclic) bond motifs is 1. The minimum Gasteiger partial charge on any atom is -0.324 e. The fourth-order valence-corrected chi connectivity index (χ4v) is 4.44. The quantitative estimate of drug-likeness (QED) is 0.670. The number of nitrogens with zero attached hydrogens (tertiary/aromatic N) is 3. The maximum Gasteiger partial charge on any atom is 0.247 e. The molecule has 29 heavy (non-hydrogen) atoms. The van der Waals surface area contributed by atoms with Crippen molar-refractivity contribution in [1.29, 1.82) is 0 Å². The Morgan fingerprint density at radius 3 is 2.55 bits per heavy atom. The molecule has 3 rings (SSSR count). The Balaban J connectivity index is 1.94. The van der Waals surface area contributed by atoms with E-state index >= 15 is 0 Å². The molecule has 1 heterocycles. The van der Waals surface area contributed by atoms with Gasteiger partial charge in [-0.1, -0.05) is 25.1 Å². The van der Waals surface area contributed by atoms with Crippen molar-refractivity contribution < 1.29 is 13.2 Å². The number of imidazole rings is 1. The number of carbonyl (C=O) groups excluding carboxylic acids is 1. The lowest BCUT2D eigenvalue weighted by Crippen LogP contribution is -2.26. The Morgan fingerprint density at radius 2 is 1.90 bits per heavy atom. The lowest BCUT2D eigenvalue weighted by atomic mass is 10.2. The third kappa shape index (κ3) is 3.90. The van der Waals surface area contributed by atoms with Gasteiger partial charge in [0.2, 0.25) is 15.9 Å². The molecular formula is C21H26N4O3S. The molecule has 0 aliphatic rings. The molecule has 0 spiro atoms. The third-order valence-electron chi connectivity index (χ3n) is 4.97. The van der Waals surface area contributed by atoms with Crippen LogP contribution in [0.1, 0.15) is 31.3 Å². The first-order valence-corrected chi connectivity index (χ1v) is 10.9. The van der Waals surface area contributed by atoms with Crippen LogP contribution in [0, 0.1) is 6.92 Å².